The third-order valence-corrected chi connectivity index (χ3v) is 4.80. The molecule has 0 aromatic carbocycles. The molecule has 112 valence electrons. The lowest BCUT2D eigenvalue weighted by Gasteiger charge is -2.29. The molecule has 3 rings (SSSR count). The fourth-order valence-electron chi connectivity index (χ4n) is 2.52. The quantitative estimate of drug-likeness (QED) is 0.911. The zero-order valence-electron chi connectivity index (χ0n) is 12.3. The SMILES string of the molecule is Cc1csc2c(N(C)CC(=O)N3CCNCC3)ncnc12. The number of anilines is 1. The normalized spacial score (nSPS) is 15.4. The van der Waals surface area contributed by atoms with Crippen molar-refractivity contribution >= 4 is 33.3 Å². The van der Waals surface area contributed by atoms with E-state index in [4.69, 9.17) is 0 Å². The van der Waals surface area contributed by atoms with Gasteiger partial charge in [0.2, 0.25) is 5.91 Å². The number of likely N-dealkylation sites (N-methyl/N-ethyl adjacent to an activating group) is 1. The van der Waals surface area contributed by atoms with Crippen LogP contribution in [0.5, 0.6) is 0 Å². The molecule has 0 atom stereocenters. The summed E-state index contributed by atoms with van der Waals surface area (Å²) in [6.07, 6.45) is 1.57. The standard InChI is InChI=1S/C14H19N5OS/c1-10-8-21-13-12(10)16-9-17-14(13)18(2)7-11(20)19-5-3-15-4-6-19/h8-9,15H,3-7H2,1-2H3. The number of amides is 1. The summed E-state index contributed by atoms with van der Waals surface area (Å²) >= 11 is 1.63. The lowest BCUT2D eigenvalue weighted by Crippen LogP contribution is -2.49. The Bertz CT molecular complexity index is 650. The second-order valence-electron chi connectivity index (χ2n) is 5.28. The van der Waals surface area contributed by atoms with Gasteiger partial charge in [-0.1, -0.05) is 0 Å². The van der Waals surface area contributed by atoms with Gasteiger partial charge in [-0.25, -0.2) is 9.97 Å². The van der Waals surface area contributed by atoms with E-state index < -0.39 is 0 Å². The predicted octanol–water partition coefficient (Wildman–Crippen LogP) is 0.868. The topological polar surface area (TPSA) is 61.4 Å². The van der Waals surface area contributed by atoms with Crippen molar-refractivity contribution in [2.24, 2.45) is 0 Å². The minimum absolute atomic E-state index is 0.152. The van der Waals surface area contributed by atoms with Crippen LogP contribution in [0.4, 0.5) is 5.82 Å². The van der Waals surface area contributed by atoms with Crippen molar-refractivity contribution in [1.29, 1.82) is 0 Å². The molecule has 3 heterocycles. The molecule has 1 N–H and O–H groups in total. The molecule has 2 aromatic heterocycles. The first-order valence-electron chi connectivity index (χ1n) is 7.05. The maximum absolute atomic E-state index is 12.3. The minimum atomic E-state index is 0.152. The number of piperazine rings is 1. The molecule has 0 radical (unpaired) electrons. The summed E-state index contributed by atoms with van der Waals surface area (Å²) in [5.41, 5.74) is 2.13. The van der Waals surface area contributed by atoms with Crippen molar-refractivity contribution in [3.63, 3.8) is 0 Å². The van der Waals surface area contributed by atoms with E-state index >= 15 is 0 Å². The molecule has 21 heavy (non-hydrogen) atoms. The Morgan fingerprint density at radius 2 is 2.19 bits per heavy atom. The first-order chi connectivity index (χ1) is 10.2. The third-order valence-electron chi connectivity index (χ3n) is 3.72. The summed E-state index contributed by atoms with van der Waals surface area (Å²) in [5, 5.41) is 5.33. The van der Waals surface area contributed by atoms with Crippen LogP contribution in [0.25, 0.3) is 10.2 Å². The van der Waals surface area contributed by atoms with Crippen LogP contribution in [0.1, 0.15) is 5.56 Å². The highest BCUT2D eigenvalue weighted by Gasteiger charge is 2.20. The molecule has 0 spiro atoms. The van der Waals surface area contributed by atoms with Crippen LogP contribution in [0.2, 0.25) is 0 Å². The van der Waals surface area contributed by atoms with Crippen LogP contribution < -0.4 is 10.2 Å². The van der Waals surface area contributed by atoms with Gasteiger partial charge in [-0.3, -0.25) is 4.79 Å². The van der Waals surface area contributed by atoms with Crippen molar-refractivity contribution in [2.75, 3.05) is 44.7 Å². The number of hydrogen-bond acceptors (Lipinski definition) is 6. The first kappa shape index (κ1) is 14.2. The number of nitrogens with zero attached hydrogens (tertiary/aromatic N) is 4. The van der Waals surface area contributed by atoms with E-state index in [1.165, 1.54) is 0 Å². The molecule has 0 aliphatic carbocycles. The largest absolute Gasteiger partial charge is 0.349 e. The zero-order valence-corrected chi connectivity index (χ0v) is 13.1. The van der Waals surface area contributed by atoms with Gasteiger partial charge >= 0.3 is 0 Å². The number of aryl methyl sites for hydroxylation is 1. The summed E-state index contributed by atoms with van der Waals surface area (Å²) < 4.78 is 1.05. The van der Waals surface area contributed by atoms with Crippen molar-refractivity contribution < 1.29 is 4.79 Å². The van der Waals surface area contributed by atoms with Crippen molar-refractivity contribution in [3.05, 3.63) is 17.3 Å². The molecule has 1 amide bonds. The summed E-state index contributed by atoms with van der Waals surface area (Å²) in [4.78, 5) is 24.9. The Morgan fingerprint density at radius 3 is 2.95 bits per heavy atom. The van der Waals surface area contributed by atoms with Crippen LogP contribution in [0.3, 0.4) is 0 Å². The number of thiophene rings is 1. The third kappa shape index (κ3) is 2.84. The second kappa shape index (κ2) is 5.95. The molecule has 7 heteroatoms. The molecule has 1 fully saturated rings. The van der Waals surface area contributed by atoms with Crippen LogP contribution in [0.15, 0.2) is 11.7 Å². The number of rotatable bonds is 3. The molecule has 0 saturated carbocycles. The molecule has 0 unspecified atom stereocenters. The van der Waals surface area contributed by atoms with Crippen molar-refractivity contribution in [1.82, 2.24) is 20.2 Å². The highest BCUT2D eigenvalue weighted by atomic mass is 32.1. The van der Waals surface area contributed by atoms with Gasteiger partial charge in [0.05, 0.1) is 16.8 Å². The average molecular weight is 305 g/mol. The fraction of sp³-hybridized carbons (Fsp3) is 0.500. The Labute approximate surface area is 127 Å². The van der Waals surface area contributed by atoms with Gasteiger partial charge in [0, 0.05) is 33.2 Å². The molecule has 6 nitrogen and oxygen atoms in total. The molecule has 0 bridgehead atoms. The first-order valence-corrected chi connectivity index (χ1v) is 7.93. The smallest absolute Gasteiger partial charge is 0.242 e. The average Bonchev–Trinajstić information content (AvgIpc) is 2.89. The number of fused-ring (bicyclic) bond motifs is 1. The molecule has 1 saturated heterocycles. The molecule has 1 aliphatic heterocycles. The highest BCUT2D eigenvalue weighted by Crippen LogP contribution is 2.30. The number of aromatic nitrogens is 2. The van der Waals surface area contributed by atoms with E-state index in [1.807, 2.05) is 23.8 Å². The summed E-state index contributed by atoms with van der Waals surface area (Å²) in [7, 11) is 1.91. The Balaban J connectivity index is 1.77. The highest BCUT2D eigenvalue weighted by molar-refractivity contribution is 7.18. The van der Waals surface area contributed by atoms with Gasteiger partial charge in [-0.15, -0.1) is 11.3 Å². The van der Waals surface area contributed by atoms with Crippen LogP contribution in [-0.2, 0) is 4.79 Å². The number of hydrogen-bond donors (Lipinski definition) is 1. The Kier molecular flexibility index (Phi) is 4.03. The van der Waals surface area contributed by atoms with Gasteiger partial charge in [0.1, 0.15) is 12.1 Å². The van der Waals surface area contributed by atoms with E-state index in [1.54, 1.807) is 17.7 Å². The van der Waals surface area contributed by atoms with E-state index in [0.29, 0.717) is 6.54 Å². The van der Waals surface area contributed by atoms with Gasteiger partial charge in [-0.2, -0.15) is 0 Å². The second-order valence-corrected chi connectivity index (χ2v) is 6.16. The molecular formula is C14H19N5OS. The van der Waals surface area contributed by atoms with Gasteiger partial charge in [-0.05, 0) is 17.9 Å². The Hall–Kier alpha value is -1.73. The molecule has 1 aliphatic rings. The van der Waals surface area contributed by atoms with Gasteiger partial charge in [0.25, 0.3) is 0 Å². The predicted molar refractivity (Wildman–Crippen MR) is 84.9 cm³/mol. The fourth-order valence-corrected chi connectivity index (χ4v) is 3.57. The number of carbonyl (C=O) groups excluding carboxylic acids is 1. The van der Waals surface area contributed by atoms with Crippen LogP contribution in [-0.4, -0.2) is 60.5 Å². The minimum Gasteiger partial charge on any atom is -0.349 e. The van der Waals surface area contributed by atoms with Crippen LogP contribution >= 0.6 is 11.3 Å². The van der Waals surface area contributed by atoms with E-state index in [-0.39, 0.29) is 5.91 Å². The van der Waals surface area contributed by atoms with Gasteiger partial charge in [0.15, 0.2) is 0 Å². The summed E-state index contributed by atoms with van der Waals surface area (Å²) in [6, 6.07) is 0. The number of nitrogens with one attached hydrogen (secondary N) is 1. The lowest BCUT2D eigenvalue weighted by atomic mass is 10.3. The molecular weight excluding hydrogens is 286 g/mol. The van der Waals surface area contributed by atoms with Crippen LogP contribution in [0, 0.1) is 6.92 Å². The molecule has 2 aromatic rings. The van der Waals surface area contributed by atoms with Crippen molar-refractivity contribution in [2.45, 2.75) is 6.92 Å². The van der Waals surface area contributed by atoms with Gasteiger partial charge < -0.3 is 15.1 Å². The van der Waals surface area contributed by atoms with E-state index in [2.05, 4.69) is 20.7 Å². The van der Waals surface area contributed by atoms with E-state index in [0.717, 1.165) is 47.8 Å². The maximum Gasteiger partial charge on any atom is 0.242 e. The lowest BCUT2D eigenvalue weighted by molar-refractivity contribution is -0.130. The Morgan fingerprint density at radius 1 is 1.43 bits per heavy atom. The van der Waals surface area contributed by atoms with E-state index in [9.17, 15) is 4.79 Å². The summed E-state index contributed by atoms with van der Waals surface area (Å²) in [6.45, 7) is 5.70. The summed E-state index contributed by atoms with van der Waals surface area (Å²) in [5.74, 6) is 0.987. The maximum atomic E-state index is 12.3. The number of carbonyl (C=O) groups is 1. The zero-order chi connectivity index (χ0) is 14.8. The monoisotopic (exact) mass is 305 g/mol. The van der Waals surface area contributed by atoms with Crippen molar-refractivity contribution in [3.8, 4) is 0 Å².